The molecule has 8 nitrogen and oxygen atoms in total. The number of amides is 1. The van der Waals surface area contributed by atoms with E-state index in [0.717, 1.165) is 4.68 Å². The van der Waals surface area contributed by atoms with E-state index in [4.69, 9.17) is 16.1 Å². The zero-order valence-electron chi connectivity index (χ0n) is 14.9. The van der Waals surface area contributed by atoms with Gasteiger partial charge in [-0.15, -0.1) is 0 Å². The van der Waals surface area contributed by atoms with E-state index < -0.39 is 0 Å². The molecule has 0 aliphatic heterocycles. The Kier molecular flexibility index (Phi) is 5.66. The van der Waals surface area contributed by atoms with Crippen LogP contribution in [-0.2, 0) is 11.3 Å². The topological polar surface area (TPSA) is 94.1 Å². The summed E-state index contributed by atoms with van der Waals surface area (Å²) in [5.41, 5.74) is 0.624. The third kappa shape index (κ3) is 4.22. The van der Waals surface area contributed by atoms with E-state index in [1.807, 2.05) is 13.8 Å². The van der Waals surface area contributed by atoms with Gasteiger partial charge in [0.1, 0.15) is 12.2 Å². The molecule has 3 rings (SSSR count). The molecule has 0 saturated heterocycles. The summed E-state index contributed by atoms with van der Waals surface area (Å²) in [6.07, 6.45) is 0. The first-order chi connectivity index (χ1) is 13.0. The minimum Gasteiger partial charge on any atom is -0.342 e. The van der Waals surface area contributed by atoms with E-state index >= 15 is 0 Å². The maximum absolute atomic E-state index is 12.3. The predicted molar refractivity (Wildman–Crippen MR) is 100 cm³/mol. The highest BCUT2D eigenvalue weighted by molar-refractivity contribution is 6.30. The fourth-order valence-corrected chi connectivity index (χ4v) is 2.74. The standard InChI is InChI=1S/C18H18ClN5O3/c1-3-23(4-2)16(26)11-24-15(25)9-8-14(21-24)18-20-17(22-27-18)12-6-5-7-13(19)10-12/h5-10H,3-4,11H2,1-2H3. The van der Waals surface area contributed by atoms with Crippen LogP contribution < -0.4 is 5.56 Å². The van der Waals surface area contributed by atoms with Crippen LogP contribution in [0.3, 0.4) is 0 Å². The third-order valence-electron chi connectivity index (χ3n) is 4.00. The monoisotopic (exact) mass is 387 g/mol. The number of hydrogen-bond acceptors (Lipinski definition) is 6. The smallest absolute Gasteiger partial charge is 0.278 e. The average molecular weight is 388 g/mol. The molecule has 3 aromatic rings. The number of aromatic nitrogens is 4. The van der Waals surface area contributed by atoms with Gasteiger partial charge in [0.2, 0.25) is 11.7 Å². The molecule has 0 N–H and O–H groups in total. The van der Waals surface area contributed by atoms with Crippen LogP contribution in [0.5, 0.6) is 0 Å². The molecule has 1 aromatic carbocycles. The van der Waals surface area contributed by atoms with E-state index in [0.29, 0.717) is 35.2 Å². The van der Waals surface area contributed by atoms with Crippen molar-refractivity contribution in [2.75, 3.05) is 13.1 Å². The zero-order valence-corrected chi connectivity index (χ0v) is 15.7. The Labute approximate surface area is 160 Å². The third-order valence-corrected chi connectivity index (χ3v) is 4.23. The van der Waals surface area contributed by atoms with Crippen molar-refractivity contribution in [3.8, 4) is 23.0 Å². The lowest BCUT2D eigenvalue weighted by Gasteiger charge is -2.18. The molecule has 0 saturated carbocycles. The van der Waals surface area contributed by atoms with Crippen molar-refractivity contribution in [2.45, 2.75) is 20.4 Å². The lowest BCUT2D eigenvalue weighted by Crippen LogP contribution is -2.37. The van der Waals surface area contributed by atoms with Crippen LogP contribution in [-0.4, -0.2) is 43.8 Å². The van der Waals surface area contributed by atoms with Crippen molar-refractivity contribution in [1.82, 2.24) is 24.8 Å². The highest BCUT2D eigenvalue weighted by atomic mass is 35.5. The Morgan fingerprint density at radius 3 is 2.70 bits per heavy atom. The van der Waals surface area contributed by atoms with Gasteiger partial charge in [0, 0.05) is 29.7 Å². The number of halogens is 1. The molecule has 0 fully saturated rings. The molecule has 0 radical (unpaired) electrons. The second kappa shape index (κ2) is 8.13. The van der Waals surface area contributed by atoms with Gasteiger partial charge in [-0.3, -0.25) is 9.59 Å². The van der Waals surface area contributed by atoms with Crippen LogP contribution in [0.4, 0.5) is 0 Å². The molecular formula is C18H18ClN5O3. The van der Waals surface area contributed by atoms with Crippen LogP contribution in [0.25, 0.3) is 23.0 Å². The normalized spacial score (nSPS) is 10.8. The molecule has 140 valence electrons. The second-order valence-electron chi connectivity index (χ2n) is 5.71. The molecule has 0 spiro atoms. The molecule has 27 heavy (non-hydrogen) atoms. The van der Waals surface area contributed by atoms with Gasteiger partial charge in [-0.1, -0.05) is 28.9 Å². The first-order valence-electron chi connectivity index (χ1n) is 8.47. The molecular weight excluding hydrogens is 370 g/mol. The maximum Gasteiger partial charge on any atom is 0.278 e. The van der Waals surface area contributed by atoms with Crippen LogP contribution in [0.2, 0.25) is 5.02 Å². The Bertz CT molecular complexity index is 1010. The minimum absolute atomic E-state index is 0.147. The molecule has 1 amide bonds. The van der Waals surface area contributed by atoms with Gasteiger partial charge < -0.3 is 9.42 Å². The number of rotatable bonds is 6. The fraction of sp³-hybridized carbons (Fsp3) is 0.278. The molecule has 0 unspecified atom stereocenters. The predicted octanol–water partition coefficient (Wildman–Crippen LogP) is 2.48. The van der Waals surface area contributed by atoms with Crippen molar-refractivity contribution >= 4 is 17.5 Å². The Morgan fingerprint density at radius 1 is 1.22 bits per heavy atom. The zero-order chi connectivity index (χ0) is 19.4. The van der Waals surface area contributed by atoms with E-state index in [-0.39, 0.29) is 23.9 Å². The summed E-state index contributed by atoms with van der Waals surface area (Å²) in [6, 6.07) is 9.85. The number of carbonyl (C=O) groups excluding carboxylic acids is 1. The van der Waals surface area contributed by atoms with Crippen LogP contribution in [0.15, 0.2) is 45.7 Å². The van der Waals surface area contributed by atoms with Gasteiger partial charge >= 0.3 is 0 Å². The van der Waals surface area contributed by atoms with Gasteiger partial charge in [0.25, 0.3) is 11.4 Å². The molecule has 9 heteroatoms. The van der Waals surface area contributed by atoms with Gasteiger partial charge in [-0.2, -0.15) is 10.1 Å². The van der Waals surface area contributed by atoms with Crippen LogP contribution in [0, 0.1) is 0 Å². The van der Waals surface area contributed by atoms with Gasteiger partial charge in [-0.05, 0) is 32.0 Å². The number of nitrogens with zero attached hydrogens (tertiary/aromatic N) is 5. The van der Waals surface area contributed by atoms with Crippen molar-refractivity contribution < 1.29 is 9.32 Å². The number of hydrogen-bond donors (Lipinski definition) is 0. The SMILES string of the molecule is CCN(CC)C(=O)Cn1nc(-c2nc(-c3cccc(Cl)c3)no2)ccc1=O. The Morgan fingerprint density at radius 2 is 2.00 bits per heavy atom. The Balaban J connectivity index is 1.88. The largest absolute Gasteiger partial charge is 0.342 e. The van der Waals surface area contributed by atoms with E-state index in [1.165, 1.54) is 12.1 Å². The summed E-state index contributed by atoms with van der Waals surface area (Å²) in [6.45, 7) is 4.74. The number of carbonyl (C=O) groups is 1. The molecule has 2 heterocycles. The summed E-state index contributed by atoms with van der Waals surface area (Å²) in [7, 11) is 0. The van der Waals surface area contributed by atoms with Crippen molar-refractivity contribution in [3.63, 3.8) is 0 Å². The maximum atomic E-state index is 12.3. The highest BCUT2D eigenvalue weighted by Gasteiger charge is 2.16. The van der Waals surface area contributed by atoms with Gasteiger partial charge in [0.05, 0.1) is 0 Å². The van der Waals surface area contributed by atoms with Crippen LogP contribution in [0.1, 0.15) is 13.8 Å². The summed E-state index contributed by atoms with van der Waals surface area (Å²) >= 11 is 5.98. The number of likely N-dealkylation sites (N-methyl/N-ethyl adjacent to an activating group) is 1. The van der Waals surface area contributed by atoms with E-state index in [2.05, 4.69) is 15.2 Å². The second-order valence-corrected chi connectivity index (χ2v) is 6.15. The summed E-state index contributed by atoms with van der Waals surface area (Å²) in [5.74, 6) is 0.317. The molecule has 2 aromatic heterocycles. The first kappa shape index (κ1) is 18.8. The highest BCUT2D eigenvalue weighted by Crippen LogP contribution is 2.22. The quantitative estimate of drug-likeness (QED) is 0.645. The van der Waals surface area contributed by atoms with Crippen LogP contribution >= 0.6 is 11.6 Å². The molecule has 0 aliphatic carbocycles. The van der Waals surface area contributed by atoms with E-state index in [1.54, 1.807) is 29.2 Å². The summed E-state index contributed by atoms with van der Waals surface area (Å²) < 4.78 is 6.35. The summed E-state index contributed by atoms with van der Waals surface area (Å²) in [4.78, 5) is 30.2. The van der Waals surface area contributed by atoms with Gasteiger partial charge in [0.15, 0.2) is 0 Å². The van der Waals surface area contributed by atoms with Gasteiger partial charge in [-0.25, -0.2) is 4.68 Å². The lowest BCUT2D eigenvalue weighted by molar-refractivity contribution is -0.131. The van der Waals surface area contributed by atoms with Crippen molar-refractivity contribution in [2.24, 2.45) is 0 Å². The van der Waals surface area contributed by atoms with E-state index in [9.17, 15) is 9.59 Å². The first-order valence-corrected chi connectivity index (χ1v) is 8.85. The lowest BCUT2D eigenvalue weighted by atomic mass is 10.2. The molecule has 0 atom stereocenters. The van der Waals surface area contributed by atoms with Crippen molar-refractivity contribution in [1.29, 1.82) is 0 Å². The van der Waals surface area contributed by atoms with Crippen molar-refractivity contribution in [3.05, 3.63) is 51.8 Å². The average Bonchev–Trinajstić information content (AvgIpc) is 3.15. The Hall–Kier alpha value is -3.00. The summed E-state index contributed by atoms with van der Waals surface area (Å²) in [5, 5.41) is 8.67. The number of benzene rings is 1. The minimum atomic E-state index is -0.381. The fourth-order valence-electron chi connectivity index (χ4n) is 2.55. The molecule has 0 bridgehead atoms. The molecule has 0 aliphatic rings.